The van der Waals surface area contributed by atoms with Crippen LogP contribution >= 0.6 is 23.1 Å². The van der Waals surface area contributed by atoms with E-state index in [4.69, 9.17) is 4.74 Å². The Kier molecular flexibility index (Phi) is 6.43. The van der Waals surface area contributed by atoms with Gasteiger partial charge in [0.2, 0.25) is 0 Å². The number of anilines is 2. The first kappa shape index (κ1) is 19.5. The zero-order valence-corrected chi connectivity index (χ0v) is 17.6. The van der Waals surface area contributed by atoms with Gasteiger partial charge in [-0.2, -0.15) is 0 Å². The van der Waals surface area contributed by atoms with Gasteiger partial charge in [-0.3, -0.25) is 0 Å². The molecular weight excluding hydrogens is 402 g/mol. The average molecular weight is 424 g/mol. The number of benzene rings is 1. The third-order valence-electron chi connectivity index (χ3n) is 4.09. The maximum Gasteiger partial charge on any atom is 0.188 e. The SMILES string of the molecule is Cc1csc(Nc2ncc(SCCn3ccnc3)cc2OCc2ccccc2)n1. The number of imidazole rings is 1. The van der Waals surface area contributed by atoms with Gasteiger partial charge in [-0.1, -0.05) is 30.3 Å². The van der Waals surface area contributed by atoms with Crippen molar-refractivity contribution in [2.75, 3.05) is 11.1 Å². The maximum absolute atomic E-state index is 6.12. The molecule has 0 aliphatic heterocycles. The van der Waals surface area contributed by atoms with Gasteiger partial charge in [0.25, 0.3) is 0 Å². The Hall–Kier alpha value is -2.84. The van der Waals surface area contributed by atoms with Crippen molar-refractivity contribution in [3.8, 4) is 5.75 Å². The van der Waals surface area contributed by atoms with Crippen molar-refractivity contribution in [3.63, 3.8) is 0 Å². The molecule has 3 heterocycles. The summed E-state index contributed by atoms with van der Waals surface area (Å²) in [6.45, 7) is 3.35. The molecule has 0 aliphatic carbocycles. The summed E-state index contributed by atoms with van der Waals surface area (Å²) in [5.41, 5.74) is 2.10. The van der Waals surface area contributed by atoms with Crippen LogP contribution in [-0.4, -0.2) is 25.3 Å². The third-order valence-corrected chi connectivity index (χ3v) is 5.91. The summed E-state index contributed by atoms with van der Waals surface area (Å²) in [6.07, 6.45) is 7.46. The second-order valence-electron chi connectivity index (χ2n) is 6.36. The number of rotatable bonds is 9. The van der Waals surface area contributed by atoms with Crippen LogP contribution in [0.3, 0.4) is 0 Å². The van der Waals surface area contributed by atoms with Crippen LogP contribution in [0.4, 0.5) is 10.9 Å². The van der Waals surface area contributed by atoms with Gasteiger partial charge in [0.15, 0.2) is 16.7 Å². The molecule has 0 atom stereocenters. The van der Waals surface area contributed by atoms with E-state index in [-0.39, 0.29) is 0 Å². The Morgan fingerprint density at radius 2 is 2.14 bits per heavy atom. The summed E-state index contributed by atoms with van der Waals surface area (Å²) in [7, 11) is 0. The fourth-order valence-corrected chi connectivity index (χ4v) is 4.19. The quantitative estimate of drug-likeness (QED) is 0.375. The summed E-state index contributed by atoms with van der Waals surface area (Å²) in [5.74, 6) is 2.32. The molecule has 4 rings (SSSR count). The van der Waals surface area contributed by atoms with E-state index < -0.39 is 0 Å². The number of nitrogens with zero attached hydrogens (tertiary/aromatic N) is 4. The van der Waals surface area contributed by atoms with Crippen LogP contribution in [0.2, 0.25) is 0 Å². The van der Waals surface area contributed by atoms with Crippen LogP contribution in [0.5, 0.6) is 5.75 Å². The predicted molar refractivity (Wildman–Crippen MR) is 118 cm³/mol. The first-order valence-electron chi connectivity index (χ1n) is 9.21. The summed E-state index contributed by atoms with van der Waals surface area (Å²) in [4.78, 5) is 14.2. The van der Waals surface area contributed by atoms with Gasteiger partial charge >= 0.3 is 0 Å². The molecule has 1 aromatic carbocycles. The molecule has 0 radical (unpaired) electrons. The lowest BCUT2D eigenvalue weighted by Crippen LogP contribution is -2.02. The molecule has 0 amide bonds. The lowest BCUT2D eigenvalue weighted by molar-refractivity contribution is 0.306. The summed E-state index contributed by atoms with van der Waals surface area (Å²) in [6, 6.07) is 12.2. The van der Waals surface area contributed by atoms with E-state index >= 15 is 0 Å². The summed E-state index contributed by atoms with van der Waals surface area (Å²) >= 11 is 3.29. The first-order chi connectivity index (χ1) is 14.3. The zero-order chi connectivity index (χ0) is 19.9. The van der Waals surface area contributed by atoms with Crippen LogP contribution in [0, 0.1) is 6.92 Å². The molecule has 0 fully saturated rings. The smallest absolute Gasteiger partial charge is 0.188 e. The molecule has 0 bridgehead atoms. The standard InChI is InChI=1S/C21H21N5OS2/c1-16-14-29-21(24-16)25-20-19(27-13-17-5-3-2-4-6-17)11-18(12-23-20)28-10-9-26-8-7-22-15-26/h2-8,11-12,14-15H,9-10,13H2,1H3,(H,23,24,25). The molecule has 0 unspecified atom stereocenters. The highest BCUT2D eigenvalue weighted by Gasteiger charge is 2.11. The van der Waals surface area contributed by atoms with Gasteiger partial charge < -0.3 is 14.6 Å². The first-order valence-corrected chi connectivity index (χ1v) is 11.1. The van der Waals surface area contributed by atoms with Crippen molar-refractivity contribution in [1.82, 2.24) is 19.5 Å². The number of hydrogen-bond donors (Lipinski definition) is 1. The number of pyridine rings is 1. The second kappa shape index (κ2) is 9.58. The minimum atomic E-state index is 0.483. The molecule has 6 nitrogen and oxygen atoms in total. The molecule has 1 N–H and O–H groups in total. The van der Waals surface area contributed by atoms with E-state index in [2.05, 4.69) is 37.0 Å². The van der Waals surface area contributed by atoms with Gasteiger partial charge in [0.1, 0.15) is 6.61 Å². The largest absolute Gasteiger partial charge is 0.485 e. The number of hydrogen-bond acceptors (Lipinski definition) is 7. The molecule has 148 valence electrons. The van der Waals surface area contributed by atoms with Gasteiger partial charge in [-0.15, -0.1) is 23.1 Å². The second-order valence-corrected chi connectivity index (χ2v) is 8.39. The fourth-order valence-electron chi connectivity index (χ4n) is 2.65. The Balaban J connectivity index is 1.48. The molecule has 0 saturated carbocycles. The van der Waals surface area contributed by atoms with Gasteiger partial charge in [0, 0.05) is 41.2 Å². The van der Waals surface area contributed by atoms with Crippen LogP contribution in [0.1, 0.15) is 11.3 Å². The van der Waals surface area contributed by atoms with Gasteiger partial charge in [0.05, 0.1) is 12.0 Å². The van der Waals surface area contributed by atoms with Crippen molar-refractivity contribution in [1.29, 1.82) is 0 Å². The Bertz CT molecular complexity index is 1030. The number of thiazole rings is 1. The molecule has 8 heteroatoms. The van der Waals surface area contributed by atoms with E-state index in [0.29, 0.717) is 18.2 Å². The summed E-state index contributed by atoms with van der Waals surface area (Å²) < 4.78 is 8.18. The highest BCUT2D eigenvalue weighted by Crippen LogP contribution is 2.32. The minimum Gasteiger partial charge on any atom is -0.485 e. The topological polar surface area (TPSA) is 64.9 Å². The van der Waals surface area contributed by atoms with Crippen molar-refractivity contribution in [2.24, 2.45) is 0 Å². The van der Waals surface area contributed by atoms with Crippen LogP contribution < -0.4 is 10.1 Å². The van der Waals surface area contributed by atoms with Gasteiger partial charge in [-0.25, -0.2) is 15.0 Å². The van der Waals surface area contributed by atoms with E-state index in [1.54, 1.807) is 29.3 Å². The van der Waals surface area contributed by atoms with Crippen LogP contribution in [0.15, 0.2) is 71.6 Å². The lowest BCUT2D eigenvalue weighted by atomic mass is 10.2. The maximum atomic E-state index is 6.12. The average Bonchev–Trinajstić information content (AvgIpc) is 3.40. The van der Waals surface area contributed by atoms with Gasteiger partial charge in [-0.05, 0) is 18.6 Å². The molecule has 4 aromatic rings. The Morgan fingerprint density at radius 3 is 2.90 bits per heavy atom. The molecular formula is C21H21N5OS2. The summed E-state index contributed by atoms with van der Waals surface area (Å²) in [5, 5.41) is 6.10. The monoisotopic (exact) mass is 423 g/mol. The Labute approximate surface area is 178 Å². The van der Waals surface area contributed by atoms with Crippen molar-refractivity contribution >= 4 is 34.0 Å². The van der Waals surface area contributed by atoms with E-state index in [1.165, 1.54) is 0 Å². The van der Waals surface area contributed by atoms with E-state index in [1.807, 2.05) is 55.3 Å². The Morgan fingerprint density at radius 1 is 1.24 bits per heavy atom. The molecule has 0 saturated heterocycles. The molecule has 0 spiro atoms. The van der Waals surface area contributed by atoms with Crippen LogP contribution in [-0.2, 0) is 13.2 Å². The number of aryl methyl sites for hydroxylation is 2. The zero-order valence-electron chi connectivity index (χ0n) is 16.0. The third kappa shape index (κ3) is 5.58. The molecule has 0 aliphatic rings. The number of nitrogens with one attached hydrogen (secondary N) is 1. The van der Waals surface area contributed by atoms with Crippen LogP contribution in [0.25, 0.3) is 0 Å². The van der Waals surface area contributed by atoms with Crippen molar-refractivity contribution in [3.05, 3.63) is 78.0 Å². The number of ether oxygens (including phenoxy) is 1. The molecule has 3 aromatic heterocycles. The lowest BCUT2D eigenvalue weighted by Gasteiger charge is -2.13. The number of aromatic nitrogens is 4. The van der Waals surface area contributed by atoms with E-state index in [0.717, 1.165) is 33.6 Å². The van der Waals surface area contributed by atoms with Crippen molar-refractivity contribution < 1.29 is 4.74 Å². The van der Waals surface area contributed by atoms with E-state index in [9.17, 15) is 0 Å². The normalized spacial score (nSPS) is 10.8. The highest BCUT2D eigenvalue weighted by molar-refractivity contribution is 7.99. The predicted octanol–water partition coefficient (Wildman–Crippen LogP) is 5.16. The number of thioether (sulfide) groups is 1. The highest BCUT2D eigenvalue weighted by atomic mass is 32.2. The molecule has 29 heavy (non-hydrogen) atoms. The minimum absolute atomic E-state index is 0.483. The van der Waals surface area contributed by atoms with Crippen molar-refractivity contribution in [2.45, 2.75) is 25.0 Å². The fraction of sp³-hybridized carbons (Fsp3) is 0.190.